The molecule has 0 radical (unpaired) electrons. The lowest BCUT2D eigenvalue weighted by Gasteiger charge is -2.32. The predicted octanol–water partition coefficient (Wildman–Crippen LogP) is 1.52. The first-order chi connectivity index (χ1) is 11.3. The number of aromatic nitrogens is 1. The highest BCUT2D eigenvalue weighted by Crippen LogP contribution is 2.32. The van der Waals surface area contributed by atoms with Crippen molar-refractivity contribution in [3.63, 3.8) is 0 Å². The Kier molecular flexibility index (Phi) is 5.77. The quantitative estimate of drug-likeness (QED) is 0.781. The summed E-state index contributed by atoms with van der Waals surface area (Å²) in [5.41, 5.74) is -0.712. The van der Waals surface area contributed by atoms with Gasteiger partial charge in [0.15, 0.2) is 0 Å². The lowest BCUT2D eigenvalue weighted by atomic mass is 10.2. The lowest BCUT2D eigenvalue weighted by molar-refractivity contribution is -0.137. The molecule has 1 amide bonds. The van der Waals surface area contributed by atoms with Crippen LogP contribution in [0.25, 0.3) is 10.2 Å². The largest absolute Gasteiger partial charge is 0.416 e. The molecule has 138 valence electrons. The van der Waals surface area contributed by atoms with Crippen molar-refractivity contribution >= 4 is 39.9 Å². The van der Waals surface area contributed by atoms with E-state index in [1.54, 1.807) is 9.91 Å². The first-order valence-electron chi connectivity index (χ1n) is 7.24. The first-order valence-corrected chi connectivity index (χ1v) is 8.05. The number of halogens is 4. The maximum absolute atomic E-state index is 12.9. The molecule has 2 N–H and O–H groups in total. The van der Waals surface area contributed by atoms with Gasteiger partial charge < -0.3 is 4.90 Å². The Hall–Kier alpha value is -1.62. The Labute approximate surface area is 151 Å². The maximum Gasteiger partial charge on any atom is 0.416 e. The molecule has 25 heavy (non-hydrogen) atoms. The monoisotopic (exact) mass is 396 g/mol. The number of amides is 1. The molecule has 0 aliphatic carbocycles. The van der Waals surface area contributed by atoms with Crippen molar-refractivity contribution in [1.29, 1.82) is 0 Å². The second-order valence-electron chi connectivity index (χ2n) is 5.55. The van der Waals surface area contributed by atoms with Crippen LogP contribution in [0, 0.1) is 0 Å². The number of hydrogen-bond donors (Lipinski definition) is 1. The number of hydrazine groups is 1. The average molecular weight is 397 g/mol. The number of thiazole rings is 1. The minimum absolute atomic E-state index is 0. The van der Waals surface area contributed by atoms with Crippen LogP contribution >= 0.6 is 23.7 Å². The number of carbonyl (C=O) groups is 1. The summed E-state index contributed by atoms with van der Waals surface area (Å²) >= 11 is 0.828. The number of benzene rings is 1. The van der Waals surface area contributed by atoms with Gasteiger partial charge in [0.05, 0.1) is 15.8 Å². The standard InChI is InChI=1S/C14H15F3N4O2S.ClH/c15-14(16,17)9-1-2-11-10(7-9)21(13(23)24-11)8-12(22)19-3-5-20(18)6-4-19;/h1-2,7H,3-6,8,18H2;1H. The highest BCUT2D eigenvalue weighted by Gasteiger charge is 2.31. The van der Waals surface area contributed by atoms with Crippen molar-refractivity contribution in [2.45, 2.75) is 12.7 Å². The molecule has 0 spiro atoms. The molecule has 0 atom stereocenters. The average Bonchev–Trinajstić information content (AvgIpc) is 2.82. The van der Waals surface area contributed by atoms with Crippen LogP contribution < -0.4 is 10.7 Å². The molecule has 0 saturated carbocycles. The number of fused-ring (bicyclic) bond motifs is 1. The summed E-state index contributed by atoms with van der Waals surface area (Å²) in [6, 6.07) is 3.11. The second-order valence-corrected chi connectivity index (χ2v) is 6.54. The van der Waals surface area contributed by atoms with Gasteiger partial charge in [0.25, 0.3) is 0 Å². The van der Waals surface area contributed by atoms with Crippen molar-refractivity contribution in [2.75, 3.05) is 26.2 Å². The molecule has 0 bridgehead atoms. The highest BCUT2D eigenvalue weighted by molar-refractivity contribution is 7.16. The van der Waals surface area contributed by atoms with Gasteiger partial charge in [-0.2, -0.15) is 13.2 Å². The third-order valence-electron chi connectivity index (χ3n) is 3.96. The van der Waals surface area contributed by atoms with E-state index in [1.165, 1.54) is 6.07 Å². The maximum atomic E-state index is 12.9. The molecule has 11 heteroatoms. The smallest absolute Gasteiger partial charge is 0.338 e. The van der Waals surface area contributed by atoms with Crippen LogP contribution in [-0.2, 0) is 17.5 Å². The van der Waals surface area contributed by atoms with E-state index in [-0.39, 0.29) is 30.4 Å². The number of rotatable bonds is 2. The van der Waals surface area contributed by atoms with E-state index in [1.807, 2.05) is 0 Å². The molecule has 1 aliphatic heterocycles. The van der Waals surface area contributed by atoms with Gasteiger partial charge in [-0.05, 0) is 18.2 Å². The van der Waals surface area contributed by atoms with Crippen LogP contribution in [0.2, 0.25) is 0 Å². The Morgan fingerprint density at radius 2 is 1.84 bits per heavy atom. The van der Waals surface area contributed by atoms with E-state index in [0.717, 1.165) is 28.0 Å². The van der Waals surface area contributed by atoms with Crippen LogP contribution in [0.4, 0.5) is 13.2 Å². The van der Waals surface area contributed by atoms with E-state index < -0.39 is 16.6 Å². The van der Waals surface area contributed by atoms with Gasteiger partial charge in [-0.3, -0.25) is 20.0 Å². The molecule has 1 fully saturated rings. The van der Waals surface area contributed by atoms with Gasteiger partial charge in [0.2, 0.25) is 5.91 Å². The van der Waals surface area contributed by atoms with E-state index in [2.05, 4.69) is 0 Å². The van der Waals surface area contributed by atoms with Crippen molar-refractivity contribution in [2.24, 2.45) is 5.84 Å². The molecular formula is C14H16ClF3N4O2S. The minimum atomic E-state index is -4.50. The number of nitrogens with zero attached hydrogens (tertiary/aromatic N) is 3. The molecule has 1 aliphatic rings. The molecule has 1 aromatic heterocycles. The van der Waals surface area contributed by atoms with E-state index in [4.69, 9.17) is 5.84 Å². The summed E-state index contributed by atoms with van der Waals surface area (Å²) in [5.74, 6) is 5.32. The predicted molar refractivity (Wildman–Crippen MR) is 90.7 cm³/mol. The van der Waals surface area contributed by atoms with E-state index in [0.29, 0.717) is 30.9 Å². The molecule has 1 aromatic carbocycles. The van der Waals surface area contributed by atoms with Crippen molar-refractivity contribution in [1.82, 2.24) is 14.5 Å². The zero-order valence-corrected chi connectivity index (χ0v) is 14.6. The molecule has 2 heterocycles. The van der Waals surface area contributed by atoms with E-state index in [9.17, 15) is 22.8 Å². The summed E-state index contributed by atoms with van der Waals surface area (Å²) in [7, 11) is 0. The summed E-state index contributed by atoms with van der Waals surface area (Å²) in [6.45, 7) is 1.62. The van der Waals surface area contributed by atoms with Gasteiger partial charge in [0, 0.05) is 26.2 Å². The van der Waals surface area contributed by atoms with Crippen LogP contribution in [-0.4, -0.2) is 46.6 Å². The fourth-order valence-corrected chi connectivity index (χ4v) is 3.47. The summed E-state index contributed by atoms with van der Waals surface area (Å²) < 4.78 is 40.1. The van der Waals surface area contributed by atoms with Gasteiger partial charge in [0.1, 0.15) is 6.54 Å². The second kappa shape index (κ2) is 7.32. The number of piperazine rings is 1. The molecule has 2 aromatic rings. The Balaban J connectivity index is 0.00000225. The molecule has 0 unspecified atom stereocenters. The van der Waals surface area contributed by atoms with Gasteiger partial charge >= 0.3 is 11.0 Å². The van der Waals surface area contributed by atoms with Gasteiger partial charge in [-0.25, -0.2) is 5.01 Å². The van der Waals surface area contributed by atoms with Crippen molar-refractivity contribution in [3.05, 3.63) is 33.4 Å². The Morgan fingerprint density at radius 3 is 2.44 bits per heavy atom. The summed E-state index contributed by atoms with van der Waals surface area (Å²) in [4.78, 5) is 25.5. The number of carbonyl (C=O) groups excluding carboxylic acids is 1. The lowest BCUT2D eigenvalue weighted by Crippen LogP contribution is -2.52. The zero-order valence-electron chi connectivity index (χ0n) is 13.0. The first kappa shape index (κ1) is 19.7. The summed E-state index contributed by atoms with van der Waals surface area (Å²) in [5, 5.41) is 1.59. The topological polar surface area (TPSA) is 71.6 Å². The molecule has 1 saturated heterocycles. The number of alkyl halides is 3. The van der Waals surface area contributed by atoms with Gasteiger partial charge in [-0.1, -0.05) is 11.3 Å². The SMILES string of the molecule is Cl.NN1CCN(C(=O)Cn2c(=O)sc3ccc(C(F)(F)F)cc32)CC1. The molecule has 6 nitrogen and oxygen atoms in total. The van der Waals surface area contributed by atoms with Crippen LogP contribution in [0.5, 0.6) is 0 Å². The van der Waals surface area contributed by atoms with Crippen molar-refractivity contribution in [3.8, 4) is 0 Å². The van der Waals surface area contributed by atoms with Crippen LogP contribution in [0.3, 0.4) is 0 Å². The van der Waals surface area contributed by atoms with Crippen LogP contribution in [0.1, 0.15) is 5.56 Å². The van der Waals surface area contributed by atoms with E-state index >= 15 is 0 Å². The zero-order chi connectivity index (χ0) is 17.5. The molecular weight excluding hydrogens is 381 g/mol. The molecule has 3 rings (SSSR count). The third kappa shape index (κ3) is 4.14. The Morgan fingerprint density at radius 1 is 1.20 bits per heavy atom. The highest BCUT2D eigenvalue weighted by atomic mass is 35.5. The normalized spacial score (nSPS) is 16.1. The van der Waals surface area contributed by atoms with Crippen molar-refractivity contribution < 1.29 is 18.0 Å². The Bertz CT molecular complexity index is 828. The van der Waals surface area contributed by atoms with Gasteiger partial charge in [-0.15, -0.1) is 12.4 Å². The number of nitrogens with two attached hydrogens (primary N) is 1. The third-order valence-corrected chi connectivity index (χ3v) is 4.92. The minimum Gasteiger partial charge on any atom is -0.338 e. The fraction of sp³-hybridized carbons (Fsp3) is 0.429. The fourth-order valence-electron chi connectivity index (χ4n) is 2.59. The van der Waals surface area contributed by atoms with Crippen LogP contribution in [0.15, 0.2) is 23.0 Å². The summed E-state index contributed by atoms with van der Waals surface area (Å²) in [6.07, 6.45) is -4.50. The number of hydrogen-bond acceptors (Lipinski definition) is 5.